The van der Waals surface area contributed by atoms with Crippen LogP contribution < -0.4 is 5.32 Å². The fourth-order valence-electron chi connectivity index (χ4n) is 2.31. The predicted octanol–water partition coefficient (Wildman–Crippen LogP) is 4.78. The third-order valence-electron chi connectivity index (χ3n) is 3.48. The Morgan fingerprint density at radius 1 is 1.14 bits per heavy atom. The fourth-order valence-corrected chi connectivity index (χ4v) is 3.06. The van der Waals surface area contributed by atoms with Crippen molar-refractivity contribution in [3.05, 3.63) is 53.1 Å². The first-order valence-corrected chi connectivity index (χ1v) is 8.06. The highest BCUT2D eigenvalue weighted by molar-refractivity contribution is 7.00. The number of anilines is 1. The van der Waals surface area contributed by atoms with Crippen molar-refractivity contribution in [3.8, 4) is 0 Å². The van der Waals surface area contributed by atoms with Gasteiger partial charge in [0, 0.05) is 6.04 Å². The molecule has 2 aromatic carbocycles. The normalized spacial score (nSPS) is 12.5. The number of benzene rings is 2. The molecule has 0 saturated carbocycles. The molecule has 1 aromatic heterocycles. The first-order valence-electron chi connectivity index (χ1n) is 6.95. The Balaban J connectivity index is 1.70. The third-order valence-corrected chi connectivity index (χ3v) is 4.33. The van der Waals surface area contributed by atoms with Crippen LogP contribution in [-0.4, -0.2) is 14.8 Å². The first kappa shape index (κ1) is 14.3. The number of hydrogen-bond acceptors (Lipinski definition) is 4. The van der Waals surface area contributed by atoms with Gasteiger partial charge in [0.2, 0.25) is 0 Å². The summed E-state index contributed by atoms with van der Waals surface area (Å²) in [6, 6.07) is 14.6. The molecule has 1 atom stereocenters. The van der Waals surface area contributed by atoms with E-state index in [1.165, 1.54) is 17.3 Å². The van der Waals surface area contributed by atoms with Gasteiger partial charge in [0.25, 0.3) is 0 Å². The predicted molar refractivity (Wildman–Crippen MR) is 90.3 cm³/mol. The van der Waals surface area contributed by atoms with E-state index >= 15 is 0 Å². The molecule has 0 fully saturated rings. The lowest BCUT2D eigenvalue weighted by Gasteiger charge is -2.16. The lowest BCUT2D eigenvalue weighted by molar-refractivity contribution is 0.707. The van der Waals surface area contributed by atoms with Crippen LogP contribution in [0.3, 0.4) is 0 Å². The third kappa shape index (κ3) is 3.34. The summed E-state index contributed by atoms with van der Waals surface area (Å²) in [6.07, 6.45) is 2.08. The van der Waals surface area contributed by atoms with Gasteiger partial charge < -0.3 is 5.32 Å². The minimum Gasteiger partial charge on any atom is -0.380 e. The fraction of sp³-hybridized carbons (Fsp3) is 0.250. The number of nitrogens with one attached hydrogen (secondary N) is 1. The molecule has 0 aliphatic rings. The van der Waals surface area contributed by atoms with Crippen molar-refractivity contribution in [3.63, 3.8) is 0 Å². The zero-order valence-corrected chi connectivity index (χ0v) is 13.3. The molecule has 0 spiro atoms. The molecular weight excluding hydrogens is 302 g/mol. The second-order valence-corrected chi connectivity index (χ2v) is 6.06. The van der Waals surface area contributed by atoms with Crippen LogP contribution in [0.15, 0.2) is 42.5 Å². The van der Waals surface area contributed by atoms with E-state index in [9.17, 15) is 0 Å². The van der Waals surface area contributed by atoms with Crippen molar-refractivity contribution in [2.24, 2.45) is 0 Å². The zero-order valence-electron chi connectivity index (χ0n) is 11.7. The van der Waals surface area contributed by atoms with E-state index in [1.54, 1.807) is 0 Å². The summed E-state index contributed by atoms with van der Waals surface area (Å²) in [5.41, 5.74) is 4.00. The highest BCUT2D eigenvalue weighted by atomic mass is 35.5. The lowest BCUT2D eigenvalue weighted by atomic mass is 10.1. The monoisotopic (exact) mass is 317 g/mol. The Kier molecular flexibility index (Phi) is 4.36. The Morgan fingerprint density at radius 2 is 1.95 bits per heavy atom. The number of nitrogens with zero attached hydrogens (tertiary/aromatic N) is 2. The molecule has 3 aromatic rings. The van der Waals surface area contributed by atoms with E-state index in [0.29, 0.717) is 11.1 Å². The molecule has 21 heavy (non-hydrogen) atoms. The van der Waals surface area contributed by atoms with Crippen molar-refractivity contribution < 1.29 is 0 Å². The summed E-state index contributed by atoms with van der Waals surface area (Å²) in [5, 5.41) is 4.18. The van der Waals surface area contributed by atoms with Gasteiger partial charge in [0.05, 0.1) is 22.4 Å². The molecule has 5 heteroatoms. The van der Waals surface area contributed by atoms with Crippen LogP contribution in [0, 0.1) is 0 Å². The Labute approximate surface area is 133 Å². The topological polar surface area (TPSA) is 37.8 Å². The summed E-state index contributed by atoms with van der Waals surface area (Å²) in [4.78, 5) is 0. The summed E-state index contributed by atoms with van der Waals surface area (Å²) < 4.78 is 8.59. The molecule has 3 rings (SSSR count). The van der Waals surface area contributed by atoms with Gasteiger partial charge in [0.1, 0.15) is 11.0 Å². The van der Waals surface area contributed by atoms with Crippen molar-refractivity contribution in [2.45, 2.75) is 25.8 Å². The van der Waals surface area contributed by atoms with E-state index in [0.717, 1.165) is 29.6 Å². The van der Waals surface area contributed by atoms with Crippen LogP contribution in [0.5, 0.6) is 0 Å². The van der Waals surface area contributed by atoms with Gasteiger partial charge in [-0.3, -0.25) is 0 Å². The standard InChI is InChI=1S/C16H16ClN3S/c1-11(7-8-12-5-3-2-4-6-12)18-15-13(17)9-10-14-16(15)20-21-19-14/h2-6,9-11,18H,7-8H2,1H3. The summed E-state index contributed by atoms with van der Waals surface area (Å²) in [5.74, 6) is 0. The average molecular weight is 318 g/mol. The van der Waals surface area contributed by atoms with Crippen LogP contribution in [0.4, 0.5) is 5.69 Å². The zero-order chi connectivity index (χ0) is 14.7. The minimum atomic E-state index is 0.315. The largest absolute Gasteiger partial charge is 0.380 e. The Bertz CT molecular complexity index is 727. The van der Waals surface area contributed by atoms with E-state index in [2.05, 4.69) is 45.3 Å². The molecule has 0 aliphatic carbocycles. The van der Waals surface area contributed by atoms with Gasteiger partial charge >= 0.3 is 0 Å². The smallest absolute Gasteiger partial charge is 0.129 e. The maximum absolute atomic E-state index is 6.30. The van der Waals surface area contributed by atoms with Gasteiger partial charge in [-0.1, -0.05) is 41.9 Å². The van der Waals surface area contributed by atoms with E-state index in [-0.39, 0.29) is 0 Å². The quantitative estimate of drug-likeness (QED) is 0.736. The summed E-state index contributed by atoms with van der Waals surface area (Å²) in [6.45, 7) is 2.16. The minimum absolute atomic E-state index is 0.315. The van der Waals surface area contributed by atoms with E-state index in [4.69, 9.17) is 11.6 Å². The number of fused-ring (bicyclic) bond motifs is 1. The van der Waals surface area contributed by atoms with Crippen molar-refractivity contribution >= 4 is 40.0 Å². The number of hydrogen-bond donors (Lipinski definition) is 1. The molecule has 0 amide bonds. The molecule has 0 saturated heterocycles. The Morgan fingerprint density at radius 3 is 2.76 bits per heavy atom. The second kappa shape index (κ2) is 6.41. The van der Waals surface area contributed by atoms with Crippen molar-refractivity contribution in [2.75, 3.05) is 5.32 Å². The molecule has 1 heterocycles. The van der Waals surface area contributed by atoms with Crippen LogP contribution >= 0.6 is 23.3 Å². The molecule has 108 valence electrons. The van der Waals surface area contributed by atoms with Gasteiger partial charge in [-0.05, 0) is 37.5 Å². The van der Waals surface area contributed by atoms with Crippen LogP contribution in [0.2, 0.25) is 5.02 Å². The second-order valence-electron chi connectivity index (χ2n) is 5.12. The molecule has 3 nitrogen and oxygen atoms in total. The molecule has 0 radical (unpaired) electrons. The highest BCUT2D eigenvalue weighted by Gasteiger charge is 2.12. The molecule has 1 unspecified atom stereocenters. The number of halogens is 1. The van der Waals surface area contributed by atoms with Crippen molar-refractivity contribution in [1.82, 2.24) is 8.75 Å². The molecule has 1 N–H and O–H groups in total. The number of rotatable bonds is 5. The first-order chi connectivity index (χ1) is 10.2. The van der Waals surface area contributed by atoms with Gasteiger partial charge in [-0.15, -0.1) is 0 Å². The van der Waals surface area contributed by atoms with Crippen LogP contribution in [0.25, 0.3) is 11.0 Å². The SMILES string of the molecule is CC(CCc1ccccc1)Nc1c(Cl)ccc2nsnc12. The molecular formula is C16H16ClN3S. The Hall–Kier alpha value is -1.65. The van der Waals surface area contributed by atoms with Crippen LogP contribution in [0.1, 0.15) is 18.9 Å². The summed E-state index contributed by atoms with van der Waals surface area (Å²) >= 11 is 7.51. The van der Waals surface area contributed by atoms with Gasteiger partial charge in [-0.25, -0.2) is 0 Å². The van der Waals surface area contributed by atoms with Crippen LogP contribution in [-0.2, 0) is 6.42 Å². The van der Waals surface area contributed by atoms with E-state index < -0.39 is 0 Å². The summed E-state index contributed by atoms with van der Waals surface area (Å²) in [7, 11) is 0. The molecule has 0 bridgehead atoms. The number of aryl methyl sites for hydroxylation is 1. The average Bonchev–Trinajstić information content (AvgIpc) is 2.98. The van der Waals surface area contributed by atoms with Gasteiger partial charge in [0.15, 0.2) is 0 Å². The van der Waals surface area contributed by atoms with Crippen molar-refractivity contribution in [1.29, 1.82) is 0 Å². The van der Waals surface area contributed by atoms with E-state index in [1.807, 2.05) is 18.2 Å². The maximum atomic E-state index is 6.30. The lowest BCUT2D eigenvalue weighted by Crippen LogP contribution is -2.16. The van der Waals surface area contributed by atoms with Gasteiger partial charge in [-0.2, -0.15) is 8.75 Å². The number of aromatic nitrogens is 2. The highest BCUT2D eigenvalue weighted by Crippen LogP contribution is 2.30. The molecule has 0 aliphatic heterocycles. The maximum Gasteiger partial charge on any atom is 0.129 e.